The normalized spacial score (nSPS) is 12.7. The molecule has 2 rings (SSSR count). The third kappa shape index (κ3) is 2.25. The lowest BCUT2D eigenvalue weighted by atomic mass is 10.0. The first-order valence-electron chi connectivity index (χ1n) is 4.41. The molecule has 1 heterocycles. The summed E-state index contributed by atoms with van der Waals surface area (Å²) in [7, 11) is 0. The predicted molar refractivity (Wildman–Crippen MR) is 63.9 cm³/mol. The standard InChI is InChI=1S/C11H9BrClNO/c12-8-1-2-9(10(13)5-8)11(14)7-3-4-15-6-7/h1-6,11H,14H2. The van der Waals surface area contributed by atoms with Gasteiger partial charge in [0.2, 0.25) is 0 Å². The van der Waals surface area contributed by atoms with E-state index in [4.69, 9.17) is 21.8 Å². The van der Waals surface area contributed by atoms with Crippen molar-refractivity contribution >= 4 is 27.5 Å². The van der Waals surface area contributed by atoms with Crippen molar-refractivity contribution in [3.63, 3.8) is 0 Å². The molecule has 0 spiro atoms. The van der Waals surface area contributed by atoms with Gasteiger partial charge in [-0.2, -0.15) is 0 Å². The minimum atomic E-state index is -0.246. The van der Waals surface area contributed by atoms with E-state index < -0.39 is 0 Å². The van der Waals surface area contributed by atoms with Crippen LogP contribution in [0.5, 0.6) is 0 Å². The number of rotatable bonds is 2. The summed E-state index contributed by atoms with van der Waals surface area (Å²) in [6, 6.07) is 7.25. The van der Waals surface area contributed by atoms with Gasteiger partial charge in [0.05, 0.1) is 18.6 Å². The highest BCUT2D eigenvalue weighted by atomic mass is 79.9. The van der Waals surface area contributed by atoms with Gasteiger partial charge in [-0.1, -0.05) is 33.6 Å². The summed E-state index contributed by atoms with van der Waals surface area (Å²) in [6.45, 7) is 0. The zero-order valence-electron chi connectivity index (χ0n) is 7.78. The van der Waals surface area contributed by atoms with Gasteiger partial charge < -0.3 is 10.2 Å². The third-order valence-electron chi connectivity index (χ3n) is 2.20. The first-order chi connectivity index (χ1) is 7.18. The van der Waals surface area contributed by atoms with E-state index in [0.29, 0.717) is 5.02 Å². The lowest BCUT2D eigenvalue weighted by Crippen LogP contribution is -2.11. The Morgan fingerprint density at radius 2 is 2.13 bits per heavy atom. The van der Waals surface area contributed by atoms with Gasteiger partial charge >= 0.3 is 0 Å². The zero-order valence-corrected chi connectivity index (χ0v) is 10.1. The van der Waals surface area contributed by atoms with Gasteiger partial charge in [0, 0.05) is 15.1 Å². The molecule has 0 bridgehead atoms. The van der Waals surface area contributed by atoms with Crippen LogP contribution < -0.4 is 5.73 Å². The van der Waals surface area contributed by atoms with Crippen molar-refractivity contribution in [2.24, 2.45) is 5.73 Å². The average molecular weight is 287 g/mol. The molecule has 0 fully saturated rings. The lowest BCUT2D eigenvalue weighted by Gasteiger charge is -2.11. The zero-order chi connectivity index (χ0) is 10.8. The minimum absolute atomic E-state index is 0.246. The summed E-state index contributed by atoms with van der Waals surface area (Å²) < 4.78 is 5.93. The summed E-state index contributed by atoms with van der Waals surface area (Å²) in [6.07, 6.45) is 3.23. The molecular formula is C11H9BrClNO. The minimum Gasteiger partial charge on any atom is -0.472 e. The summed E-state index contributed by atoms with van der Waals surface area (Å²) >= 11 is 9.45. The largest absolute Gasteiger partial charge is 0.472 e. The van der Waals surface area contributed by atoms with Crippen molar-refractivity contribution in [1.29, 1.82) is 0 Å². The van der Waals surface area contributed by atoms with E-state index in [9.17, 15) is 0 Å². The van der Waals surface area contributed by atoms with Crippen LogP contribution in [0.15, 0.2) is 45.7 Å². The molecule has 0 aliphatic heterocycles. The Morgan fingerprint density at radius 3 is 2.73 bits per heavy atom. The van der Waals surface area contributed by atoms with Crippen LogP contribution in [0.2, 0.25) is 5.02 Å². The second-order valence-corrected chi connectivity index (χ2v) is 4.52. The van der Waals surface area contributed by atoms with Crippen LogP contribution >= 0.6 is 27.5 Å². The smallest absolute Gasteiger partial charge is 0.0953 e. The molecule has 0 amide bonds. The molecule has 0 aliphatic carbocycles. The summed E-state index contributed by atoms with van der Waals surface area (Å²) in [4.78, 5) is 0. The van der Waals surface area contributed by atoms with Crippen LogP contribution in [0, 0.1) is 0 Å². The van der Waals surface area contributed by atoms with Gasteiger partial charge in [0.15, 0.2) is 0 Å². The maximum Gasteiger partial charge on any atom is 0.0953 e. The predicted octanol–water partition coefficient (Wildman–Crippen LogP) is 3.74. The molecular weight excluding hydrogens is 277 g/mol. The van der Waals surface area contributed by atoms with Crippen molar-refractivity contribution in [1.82, 2.24) is 0 Å². The third-order valence-corrected chi connectivity index (χ3v) is 3.02. The topological polar surface area (TPSA) is 39.2 Å². The van der Waals surface area contributed by atoms with Crippen molar-refractivity contribution in [3.05, 3.63) is 57.4 Å². The van der Waals surface area contributed by atoms with Crippen LogP contribution in [0.25, 0.3) is 0 Å². The molecule has 78 valence electrons. The van der Waals surface area contributed by atoms with Crippen LogP contribution in [0.4, 0.5) is 0 Å². The summed E-state index contributed by atoms with van der Waals surface area (Å²) in [5.41, 5.74) is 7.86. The fraction of sp³-hybridized carbons (Fsp3) is 0.0909. The first-order valence-corrected chi connectivity index (χ1v) is 5.58. The highest BCUT2D eigenvalue weighted by Crippen LogP contribution is 2.29. The quantitative estimate of drug-likeness (QED) is 0.913. The number of furan rings is 1. The first kappa shape index (κ1) is 10.7. The molecule has 15 heavy (non-hydrogen) atoms. The summed E-state index contributed by atoms with van der Waals surface area (Å²) in [5.74, 6) is 0. The fourth-order valence-electron chi connectivity index (χ4n) is 1.39. The number of halogens is 2. The molecule has 2 nitrogen and oxygen atoms in total. The Bertz CT molecular complexity index is 456. The van der Waals surface area contributed by atoms with Crippen molar-refractivity contribution in [2.45, 2.75) is 6.04 Å². The van der Waals surface area contributed by atoms with E-state index in [1.54, 1.807) is 12.5 Å². The molecule has 1 unspecified atom stereocenters. The van der Waals surface area contributed by atoms with Gasteiger partial charge in [-0.3, -0.25) is 0 Å². The number of benzene rings is 1. The summed E-state index contributed by atoms with van der Waals surface area (Å²) in [5, 5.41) is 0.651. The van der Waals surface area contributed by atoms with Gasteiger partial charge in [0.25, 0.3) is 0 Å². The van der Waals surface area contributed by atoms with Gasteiger partial charge in [-0.25, -0.2) is 0 Å². The van der Waals surface area contributed by atoms with Crippen molar-refractivity contribution in [3.8, 4) is 0 Å². The average Bonchev–Trinajstić information content (AvgIpc) is 2.69. The Labute approximate surface area is 101 Å². The Morgan fingerprint density at radius 1 is 1.33 bits per heavy atom. The van der Waals surface area contributed by atoms with Crippen LogP contribution in [0.1, 0.15) is 17.2 Å². The second-order valence-electron chi connectivity index (χ2n) is 3.20. The molecule has 1 aromatic carbocycles. The SMILES string of the molecule is NC(c1ccoc1)c1ccc(Br)cc1Cl. The molecule has 0 aliphatic rings. The molecule has 2 aromatic rings. The maximum absolute atomic E-state index is 6.10. The van der Waals surface area contributed by atoms with Crippen molar-refractivity contribution < 1.29 is 4.42 Å². The molecule has 0 saturated carbocycles. The van der Waals surface area contributed by atoms with E-state index in [0.717, 1.165) is 15.6 Å². The Balaban J connectivity index is 2.38. The van der Waals surface area contributed by atoms with Gasteiger partial charge in [0.1, 0.15) is 0 Å². The molecule has 1 atom stereocenters. The highest BCUT2D eigenvalue weighted by Gasteiger charge is 2.13. The fourth-order valence-corrected chi connectivity index (χ4v) is 2.18. The number of nitrogens with two attached hydrogens (primary N) is 1. The van der Waals surface area contributed by atoms with E-state index in [-0.39, 0.29) is 6.04 Å². The molecule has 0 saturated heterocycles. The molecule has 4 heteroatoms. The number of hydrogen-bond acceptors (Lipinski definition) is 2. The van der Waals surface area contributed by atoms with Gasteiger partial charge in [-0.05, 0) is 23.8 Å². The maximum atomic E-state index is 6.10. The molecule has 0 radical (unpaired) electrons. The Kier molecular flexibility index (Phi) is 3.14. The van der Waals surface area contributed by atoms with Crippen molar-refractivity contribution in [2.75, 3.05) is 0 Å². The van der Waals surface area contributed by atoms with E-state index in [1.165, 1.54) is 0 Å². The van der Waals surface area contributed by atoms with E-state index >= 15 is 0 Å². The van der Waals surface area contributed by atoms with Crippen LogP contribution in [-0.2, 0) is 0 Å². The second kappa shape index (κ2) is 4.39. The van der Waals surface area contributed by atoms with Crippen LogP contribution in [0.3, 0.4) is 0 Å². The number of hydrogen-bond donors (Lipinski definition) is 1. The van der Waals surface area contributed by atoms with Gasteiger partial charge in [-0.15, -0.1) is 0 Å². The molecule has 1 aromatic heterocycles. The van der Waals surface area contributed by atoms with E-state index in [1.807, 2.05) is 24.3 Å². The lowest BCUT2D eigenvalue weighted by molar-refractivity contribution is 0.562. The highest BCUT2D eigenvalue weighted by molar-refractivity contribution is 9.10. The van der Waals surface area contributed by atoms with Crippen LogP contribution in [-0.4, -0.2) is 0 Å². The monoisotopic (exact) mass is 285 g/mol. The van der Waals surface area contributed by atoms with E-state index in [2.05, 4.69) is 15.9 Å². The molecule has 2 N–H and O–H groups in total. The Hall–Kier alpha value is -0.770.